The van der Waals surface area contributed by atoms with Crippen LogP contribution in [0.15, 0.2) is 41.3 Å². The Hall–Kier alpha value is -2.16. The molecule has 6 nitrogen and oxygen atoms in total. The maximum atomic E-state index is 13.9. The highest BCUT2D eigenvalue weighted by Crippen LogP contribution is 2.30. The third-order valence-corrected chi connectivity index (χ3v) is 5.85. The van der Waals surface area contributed by atoms with E-state index in [9.17, 15) is 17.6 Å². The maximum Gasteiger partial charge on any atom is 0.242 e. The smallest absolute Gasteiger partial charge is 0.242 e. The van der Waals surface area contributed by atoms with Crippen molar-refractivity contribution < 1.29 is 17.6 Å². The van der Waals surface area contributed by atoms with E-state index in [-0.39, 0.29) is 34.5 Å². The van der Waals surface area contributed by atoms with Gasteiger partial charge in [0.05, 0.1) is 11.4 Å². The number of hydrogen-bond acceptors (Lipinski definition) is 4. The van der Waals surface area contributed by atoms with Gasteiger partial charge in [0.15, 0.2) is 0 Å². The van der Waals surface area contributed by atoms with Crippen LogP contribution in [0, 0.1) is 5.82 Å². The monoisotopic (exact) mass is 411 g/mol. The van der Waals surface area contributed by atoms with Gasteiger partial charge in [-0.05, 0) is 42.3 Å². The van der Waals surface area contributed by atoms with Crippen LogP contribution in [0.1, 0.15) is 11.1 Å². The summed E-state index contributed by atoms with van der Waals surface area (Å²) in [6, 6.07) is 9.03. The molecule has 0 radical (unpaired) electrons. The Kier molecular flexibility index (Phi) is 5.41. The van der Waals surface area contributed by atoms with Crippen LogP contribution >= 0.6 is 11.6 Å². The Labute approximate surface area is 162 Å². The molecule has 27 heavy (non-hydrogen) atoms. The quantitative estimate of drug-likeness (QED) is 0.817. The molecule has 1 heterocycles. The van der Waals surface area contributed by atoms with Gasteiger partial charge in [-0.3, -0.25) is 4.79 Å². The van der Waals surface area contributed by atoms with Crippen LogP contribution in [0.5, 0.6) is 0 Å². The standard InChI is InChI=1S/C18H19ClFN3O3S/c1-22(10-14-15(19)3-2-4-16(14)20)18(24)11-23-8-7-12-9-13(27(21,25)26)5-6-17(12)23/h2-6,9H,7-8,10-11H2,1H3,(H2,21,25,26). The SMILES string of the molecule is CN(Cc1c(F)cccc1Cl)C(=O)CN1CCc2cc(S(N)(=O)=O)ccc21. The Morgan fingerprint density at radius 1 is 1.33 bits per heavy atom. The molecule has 0 aliphatic carbocycles. The molecule has 9 heteroatoms. The van der Waals surface area contributed by atoms with E-state index < -0.39 is 15.8 Å². The van der Waals surface area contributed by atoms with E-state index >= 15 is 0 Å². The number of fused-ring (bicyclic) bond motifs is 1. The Morgan fingerprint density at radius 3 is 2.74 bits per heavy atom. The first-order chi connectivity index (χ1) is 12.7. The van der Waals surface area contributed by atoms with Gasteiger partial charge in [-0.2, -0.15) is 0 Å². The number of amides is 1. The highest BCUT2D eigenvalue weighted by atomic mass is 35.5. The fourth-order valence-electron chi connectivity index (χ4n) is 3.08. The number of primary sulfonamides is 1. The van der Waals surface area contributed by atoms with Crippen LogP contribution in [-0.2, 0) is 27.8 Å². The predicted molar refractivity (Wildman–Crippen MR) is 102 cm³/mol. The lowest BCUT2D eigenvalue weighted by Crippen LogP contribution is -2.37. The van der Waals surface area contributed by atoms with Gasteiger partial charge < -0.3 is 9.80 Å². The lowest BCUT2D eigenvalue weighted by atomic mass is 10.2. The summed E-state index contributed by atoms with van der Waals surface area (Å²) in [5.74, 6) is -0.651. The van der Waals surface area contributed by atoms with Gasteiger partial charge in [-0.15, -0.1) is 0 Å². The molecule has 0 aromatic heterocycles. The number of carbonyl (C=O) groups is 1. The number of halogens is 2. The number of carbonyl (C=O) groups excluding carboxylic acids is 1. The van der Waals surface area contributed by atoms with Crippen molar-refractivity contribution in [3.8, 4) is 0 Å². The van der Waals surface area contributed by atoms with Gasteiger partial charge in [-0.25, -0.2) is 17.9 Å². The molecule has 144 valence electrons. The first-order valence-electron chi connectivity index (χ1n) is 8.24. The fraction of sp³-hybridized carbons (Fsp3) is 0.278. The zero-order valence-electron chi connectivity index (χ0n) is 14.7. The highest BCUT2D eigenvalue weighted by molar-refractivity contribution is 7.89. The number of benzene rings is 2. The number of sulfonamides is 1. The molecule has 0 saturated heterocycles. The van der Waals surface area contributed by atoms with Crippen molar-refractivity contribution in [3.05, 3.63) is 58.4 Å². The van der Waals surface area contributed by atoms with Crippen molar-refractivity contribution in [1.82, 2.24) is 4.90 Å². The molecule has 2 aromatic rings. The van der Waals surface area contributed by atoms with Crippen LogP contribution < -0.4 is 10.0 Å². The van der Waals surface area contributed by atoms with Crippen molar-refractivity contribution in [2.75, 3.05) is 25.0 Å². The largest absolute Gasteiger partial charge is 0.362 e. The average molecular weight is 412 g/mol. The van der Waals surface area contributed by atoms with E-state index in [2.05, 4.69) is 0 Å². The van der Waals surface area contributed by atoms with Crippen molar-refractivity contribution in [2.45, 2.75) is 17.9 Å². The van der Waals surface area contributed by atoms with Crippen LogP contribution in [0.3, 0.4) is 0 Å². The summed E-state index contributed by atoms with van der Waals surface area (Å²) in [6.45, 7) is 0.753. The zero-order chi connectivity index (χ0) is 19.8. The molecule has 0 spiro atoms. The van der Waals surface area contributed by atoms with E-state index in [0.717, 1.165) is 11.3 Å². The minimum absolute atomic E-state index is 0.0562. The van der Waals surface area contributed by atoms with E-state index in [1.54, 1.807) is 19.2 Å². The summed E-state index contributed by atoms with van der Waals surface area (Å²) < 4.78 is 36.9. The molecule has 0 bridgehead atoms. The summed E-state index contributed by atoms with van der Waals surface area (Å²) in [6.07, 6.45) is 0.620. The first kappa shape index (κ1) is 19.6. The normalized spacial score (nSPS) is 13.6. The highest BCUT2D eigenvalue weighted by Gasteiger charge is 2.24. The molecule has 0 fully saturated rings. The van der Waals surface area contributed by atoms with E-state index in [4.69, 9.17) is 16.7 Å². The van der Waals surface area contributed by atoms with Crippen molar-refractivity contribution in [3.63, 3.8) is 0 Å². The molecule has 1 amide bonds. The van der Waals surface area contributed by atoms with Gasteiger partial charge in [0.2, 0.25) is 15.9 Å². The van der Waals surface area contributed by atoms with Gasteiger partial charge in [0.25, 0.3) is 0 Å². The molecule has 2 aromatic carbocycles. The van der Waals surface area contributed by atoms with Gasteiger partial charge >= 0.3 is 0 Å². The van der Waals surface area contributed by atoms with E-state index in [1.807, 2.05) is 4.90 Å². The first-order valence-corrected chi connectivity index (χ1v) is 10.2. The Bertz CT molecular complexity index is 977. The second-order valence-electron chi connectivity index (χ2n) is 6.46. The summed E-state index contributed by atoms with van der Waals surface area (Å²) in [7, 11) is -2.17. The second-order valence-corrected chi connectivity index (χ2v) is 8.43. The van der Waals surface area contributed by atoms with Crippen LogP contribution in [0.4, 0.5) is 10.1 Å². The number of nitrogens with two attached hydrogens (primary N) is 1. The summed E-state index contributed by atoms with van der Waals surface area (Å²) in [5.41, 5.74) is 1.90. The molecule has 0 unspecified atom stereocenters. The average Bonchev–Trinajstić information content (AvgIpc) is 2.99. The van der Waals surface area contributed by atoms with Gasteiger partial charge in [0.1, 0.15) is 5.82 Å². The number of likely N-dealkylation sites (N-methyl/N-ethyl adjacent to an activating group) is 1. The van der Waals surface area contributed by atoms with Crippen LogP contribution in [0.2, 0.25) is 5.02 Å². The molecule has 1 aliphatic heterocycles. The number of anilines is 1. The molecule has 3 rings (SSSR count). The lowest BCUT2D eigenvalue weighted by Gasteiger charge is -2.24. The van der Waals surface area contributed by atoms with Crippen molar-refractivity contribution in [1.29, 1.82) is 0 Å². The molecule has 0 saturated carbocycles. The number of nitrogens with zero attached hydrogens (tertiary/aromatic N) is 2. The summed E-state index contributed by atoms with van der Waals surface area (Å²) in [4.78, 5) is 15.9. The molecule has 0 atom stereocenters. The zero-order valence-corrected chi connectivity index (χ0v) is 16.2. The maximum absolute atomic E-state index is 13.9. The molecular weight excluding hydrogens is 393 g/mol. The summed E-state index contributed by atoms with van der Waals surface area (Å²) in [5, 5.41) is 5.43. The number of rotatable bonds is 5. The topological polar surface area (TPSA) is 83.7 Å². The van der Waals surface area contributed by atoms with E-state index in [1.165, 1.54) is 29.2 Å². The third kappa shape index (κ3) is 4.23. The van der Waals surface area contributed by atoms with Crippen molar-refractivity contribution in [2.24, 2.45) is 5.14 Å². The molecular formula is C18H19ClFN3O3S. The second kappa shape index (κ2) is 7.46. The van der Waals surface area contributed by atoms with Crippen LogP contribution in [-0.4, -0.2) is 39.4 Å². The molecule has 2 N–H and O–H groups in total. The minimum atomic E-state index is -3.76. The van der Waals surface area contributed by atoms with Gasteiger partial charge in [-0.1, -0.05) is 17.7 Å². The molecule has 1 aliphatic rings. The lowest BCUT2D eigenvalue weighted by molar-refractivity contribution is -0.128. The van der Waals surface area contributed by atoms with E-state index in [0.29, 0.717) is 13.0 Å². The van der Waals surface area contributed by atoms with Crippen LogP contribution in [0.25, 0.3) is 0 Å². The van der Waals surface area contributed by atoms with Gasteiger partial charge in [0, 0.05) is 36.4 Å². The fourth-order valence-corrected chi connectivity index (χ4v) is 3.87. The predicted octanol–water partition coefficient (Wildman–Crippen LogP) is 2.15. The summed E-state index contributed by atoms with van der Waals surface area (Å²) >= 11 is 6.02. The Morgan fingerprint density at radius 2 is 2.07 bits per heavy atom. The Balaban J connectivity index is 1.71. The van der Waals surface area contributed by atoms with Crippen molar-refractivity contribution >= 4 is 33.2 Å². The third-order valence-electron chi connectivity index (χ3n) is 4.58. The minimum Gasteiger partial charge on any atom is -0.362 e. The number of hydrogen-bond donors (Lipinski definition) is 1.